The lowest BCUT2D eigenvalue weighted by molar-refractivity contribution is 0.670. The fraction of sp³-hybridized carbons (Fsp3) is 0.0204. The molecule has 2 heteroatoms. The predicted octanol–water partition coefficient (Wildman–Crippen LogP) is 13.6. The van der Waals surface area contributed by atoms with Crippen molar-refractivity contribution < 1.29 is 4.42 Å². The summed E-state index contributed by atoms with van der Waals surface area (Å²) >= 11 is 0. The fourth-order valence-corrected chi connectivity index (χ4v) is 7.86. The Morgan fingerprint density at radius 2 is 0.863 bits per heavy atom. The van der Waals surface area contributed by atoms with Crippen molar-refractivity contribution in [1.82, 2.24) is 0 Å². The molecule has 9 aromatic rings. The number of benzene rings is 8. The standard InChI is InChI=1S/C49H33NO/c1-2-10-33(11-3-1)34-20-26-38(27-21-34)50(39-28-22-35(23-29-39)41-15-8-17-44-42-13-5-4-12-37(42)32-47(41)44)40-30-24-36(25-31-40)43-16-9-18-46-45-14-6-7-19-48(45)51-49(43)46/h1-31H,32H2. The Balaban J connectivity index is 1.04. The molecule has 0 saturated heterocycles. The van der Waals surface area contributed by atoms with Gasteiger partial charge in [0.15, 0.2) is 0 Å². The highest BCUT2D eigenvalue weighted by molar-refractivity contribution is 6.09. The topological polar surface area (TPSA) is 16.4 Å². The molecule has 0 fully saturated rings. The molecule has 0 saturated carbocycles. The van der Waals surface area contributed by atoms with Crippen LogP contribution in [0.4, 0.5) is 17.1 Å². The third kappa shape index (κ3) is 5.04. The van der Waals surface area contributed by atoms with Gasteiger partial charge in [-0.3, -0.25) is 0 Å². The minimum absolute atomic E-state index is 0.912. The molecule has 240 valence electrons. The van der Waals surface area contributed by atoms with Crippen molar-refractivity contribution in [2.24, 2.45) is 0 Å². The number of furan rings is 1. The normalized spacial score (nSPS) is 11.8. The highest BCUT2D eigenvalue weighted by Gasteiger charge is 2.22. The van der Waals surface area contributed by atoms with Gasteiger partial charge in [0.1, 0.15) is 11.2 Å². The summed E-state index contributed by atoms with van der Waals surface area (Å²) in [5.41, 5.74) is 17.8. The number of hydrogen-bond acceptors (Lipinski definition) is 2. The van der Waals surface area contributed by atoms with Gasteiger partial charge in [-0.1, -0.05) is 146 Å². The van der Waals surface area contributed by atoms with Crippen LogP contribution in [0.3, 0.4) is 0 Å². The van der Waals surface area contributed by atoms with E-state index >= 15 is 0 Å². The van der Waals surface area contributed by atoms with Crippen LogP contribution in [0.1, 0.15) is 11.1 Å². The van der Waals surface area contributed by atoms with Gasteiger partial charge in [-0.2, -0.15) is 0 Å². The molecule has 0 N–H and O–H groups in total. The van der Waals surface area contributed by atoms with E-state index in [4.69, 9.17) is 4.42 Å². The van der Waals surface area contributed by atoms with Crippen LogP contribution >= 0.6 is 0 Å². The lowest BCUT2D eigenvalue weighted by atomic mass is 9.95. The first-order valence-electron chi connectivity index (χ1n) is 17.6. The molecule has 1 aromatic heterocycles. The zero-order valence-corrected chi connectivity index (χ0v) is 28.0. The van der Waals surface area contributed by atoms with Gasteiger partial charge in [-0.05, 0) is 99.0 Å². The van der Waals surface area contributed by atoms with E-state index in [9.17, 15) is 0 Å². The Morgan fingerprint density at radius 1 is 0.353 bits per heavy atom. The molecular formula is C49H33NO. The summed E-state index contributed by atoms with van der Waals surface area (Å²) in [6.45, 7) is 0. The Hall–Kier alpha value is -6.64. The van der Waals surface area contributed by atoms with Crippen molar-refractivity contribution in [2.45, 2.75) is 6.42 Å². The Bertz CT molecular complexity index is 2690. The zero-order valence-electron chi connectivity index (χ0n) is 28.0. The molecule has 0 radical (unpaired) electrons. The van der Waals surface area contributed by atoms with E-state index in [0.29, 0.717) is 0 Å². The second kappa shape index (κ2) is 12.0. The maximum atomic E-state index is 6.39. The first-order chi connectivity index (χ1) is 25.3. The van der Waals surface area contributed by atoms with Crippen LogP contribution < -0.4 is 4.90 Å². The molecule has 0 bridgehead atoms. The minimum atomic E-state index is 0.912. The highest BCUT2D eigenvalue weighted by Crippen LogP contribution is 2.43. The van der Waals surface area contributed by atoms with Crippen LogP contribution in [-0.4, -0.2) is 0 Å². The number of hydrogen-bond donors (Lipinski definition) is 0. The van der Waals surface area contributed by atoms with Crippen LogP contribution in [0.5, 0.6) is 0 Å². The number of fused-ring (bicyclic) bond motifs is 6. The van der Waals surface area contributed by atoms with Crippen LogP contribution in [-0.2, 0) is 6.42 Å². The van der Waals surface area contributed by atoms with E-state index < -0.39 is 0 Å². The average molecular weight is 652 g/mol. The van der Waals surface area contributed by atoms with Gasteiger partial charge < -0.3 is 9.32 Å². The highest BCUT2D eigenvalue weighted by atomic mass is 16.3. The molecule has 10 rings (SSSR count). The molecule has 1 aliphatic rings. The summed E-state index contributed by atoms with van der Waals surface area (Å²) in [6.07, 6.45) is 0.970. The van der Waals surface area contributed by atoms with Gasteiger partial charge in [0.25, 0.3) is 0 Å². The Morgan fingerprint density at radius 3 is 1.61 bits per heavy atom. The van der Waals surface area contributed by atoms with Crippen LogP contribution in [0.15, 0.2) is 192 Å². The van der Waals surface area contributed by atoms with Gasteiger partial charge in [-0.15, -0.1) is 0 Å². The number of anilines is 3. The SMILES string of the molecule is c1ccc(-c2ccc(N(c3ccc(-c4cccc5c4Cc4ccccc4-5)cc3)c3ccc(-c4cccc5c4oc4ccccc45)cc3)cc2)cc1. The Labute approximate surface area is 297 Å². The average Bonchev–Trinajstić information content (AvgIpc) is 3.78. The summed E-state index contributed by atoms with van der Waals surface area (Å²) in [6, 6.07) is 67.5. The lowest BCUT2D eigenvalue weighted by Crippen LogP contribution is -2.09. The maximum Gasteiger partial charge on any atom is 0.143 e. The largest absolute Gasteiger partial charge is 0.455 e. The van der Waals surface area contributed by atoms with Gasteiger partial charge >= 0.3 is 0 Å². The molecule has 0 unspecified atom stereocenters. The molecule has 51 heavy (non-hydrogen) atoms. The maximum absolute atomic E-state index is 6.39. The first-order valence-corrected chi connectivity index (χ1v) is 17.6. The van der Waals surface area contributed by atoms with Crippen molar-refractivity contribution in [2.75, 3.05) is 4.90 Å². The van der Waals surface area contributed by atoms with Gasteiger partial charge in [0, 0.05) is 33.4 Å². The van der Waals surface area contributed by atoms with E-state index in [0.717, 1.165) is 56.5 Å². The summed E-state index contributed by atoms with van der Waals surface area (Å²) in [5, 5.41) is 2.28. The first kappa shape index (κ1) is 29.3. The molecular weight excluding hydrogens is 619 g/mol. The van der Waals surface area contributed by atoms with Crippen molar-refractivity contribution in [3.8, 4) is 44.5 Å². The van der Waals surface area contributed by atoms with Gasteiger partial charge in [0.05, 0.1) is 0 Å². The van der Waals surface area contributed by atoms with Crippen LogP contribution in [0.25, 0.3) is 66.4 Å². The summed E-state index contributed by atoms with van der Waals surface area (Å²) < 4.78 is 6.39. The summed E-state index contributed by atoms with van der Waals surface area (Å²) in [4.78, 5) is 2.34. The monoisotopic (exact) mass is 651 g/mol. The molecule has 0 atom stereocenters. The number of rotatable bonds is 6. The zero-order chi connectivity index (χ0) is 33.7. The quantitative estimate of drug-likeness (QED) is 0.178. The van der Waals surface area contributed by atoms with Crippen LogP contribution in [0, 0.1) is 0 Å². The lowest BCUT2D eigenvalue weighted by Gasteiger charge is -2.26. The van der Waals surface area contributed by atoms with E-state index in [2.05, 4.69) is 181 Å². The van der Waals surface area contributed by atoms with E-state index in [1.54, 1.807) is 0 Å². The molecule has 0 aliphatic heterocycles. The van der Waals surface area contributed by atoms with E-state index in [-0.39, 0.29) is 0 Å². The van der Waals surface area contributed by atoms with Gasteiger partial charge in [-0.25, -0.2) is 0 Å². The number of para-hydroxylation sites is 2. The third-order valence-electron chi connectivity index (χ3n) is 10.4. The van der Waals surface area contributed by atoms with Crippen molar-refractivity contribution in [3.05, 3.63) is 199 Å². The summed E-state index contributed by atoms with van der Waals surface area (Å²) in [7, 11) is 0. The fourth-order valence-electron chi connectivity index (χ4n) is 7.86. The van der Waals surface area contributed by atoms with E-state index in [1.165, 1.54) is 44.5 Å². The molecule has 1 aliphatic carbocycles. The van der Waals surface area contributed by atoms with E-state index in [1.807, 2.05) is 12.1 Å². The van der Waals surface area contributed by atoms with Crippen molar-refractivity contribution in [3.63, 3.8) is 0 Å². The molecule has 1 heterocycles. The number of nitrogens with zero attached hydrogens (tertiary/aromatic N) is 1. The second-order valence-corrected chi connectivity index (χ2v) is 13.3. The second-order valence-electron chi connectivity index (χ2n) is 13.3. The summed E-state index contributed by atoms with van der Waals surface area (Å²) in [5.74, 6) is 0. The van der Waals surface area contributed by atoms with Crippen LogP contribution in [0.2, 0.25) is 0 Å². The molecule has 2 nitrogen and oxygen atoms in total. The predicted molar refractivity (Wildman–Crippen MR) is 213 cm³/mol. The minimum Gasteiger partial charge on any atom is -0.455 e. The molecule has 0 amide bonds. The molecule has 0 spiro atoms. The third-order valence-corrected chi connectivity index (χ3v) is 10.4. The van der Waals surface area contributed by atoms with Crippen molar-refractivity contribution >= 4 is 39.0 Å². The smallest absolute Gasteiger partial charge is 0.143 e. The van der Waals surface area contributed by atoms with Crippen molar-refractivity contribution in [1.29, 1.82) is 0 Å². The molecule has 8 aromatic carbocycles. The van der Waals surface area contributed by atoms with Gasteiger partial charge in [0.2, 0.25) is 0 Å². The Kier molecular flexibility index (Phi) is 6.92.